The second-order valence-corrected chi connectivity index (χ2v) is 5.94. The summed E-state index contributed by atoms with van der Waals surface area (Å²) in [6.45, 7) is 2.75. The van der Waals surface area contributed by atoms with Crippen molar-refractivity contribution in [3.63, 3.8) is 0 Å². The average molecular weight is 292 g/mol. The third kappa shape index (κ3) is 4.00. The molecule has 0 aromatic heterocycles. The molecule has 100 valence electrons. The minimum Gasteiger partial charge on any atom is -0.326 e. The maximum Gasteiger partial charge on any atom is 0.0446 e. The number of hydrogen-bond donors (Lipinski definition) is 1. The van der Waals surface area contributed by atoms with E-state index in [4.69, 9.17) is 17.3 Å². The van der Waals surface area contributed by atoms with Crippen LogP contribution in [0, 0.1) is 6.92 Å². The molecule has 0 radical (unpaired) electrons. The first-order chi connectivity index (χ1) is 9.20. The smallest absolute Gasteiger partial charge is 0.0446 e. The van der Waals surface area contributed by atoms with Crippen molar-refractivity contribution in [2.75, 3.05) is 0 Å². The maximum atomic E-state index is 6.15. The van der Waals surface area contributed by atoms with Crippen LogP contribution < -0.4 is 5.73 Å². The van der Waals surface area contributed by atoms with Gasteiger partial charge in [0.25, 0.3) is 0 Å². The quantitative estimate of drug-likeness (QED) is 0.875. The van der Waals surface area contributed by atoms with Gasteiger partial charge in [-0.25, -0.2) is 0 Å². The monoisotopic (exact) mass is 291 g/mol. The van der Waals surface area contributed by atoms with Crippen LogP contribution in [0.25, 0.3) is 0 Å². The summed E-state index contributed by atoms with van der Waals surface area (Å²) in [5, 5.41) is 0.852. The van der Waals surface area contributed by atoms with Crippen LogP contribution in [-0.4, -0.2) is 0 Å². The molecule has 0 saturated heterocycles. The Labute approximate surface area is 124 Å². The first-order valence-electron chi connectivity index (χ1n) is 6.30. The summed E-state index contributed by atoms with van der Waals surface area (Å²) in [6.07, 6.45) is 0. The van der Waals surface area contributed by atoms with Crippen molar-refractivity contribution >= 4 is 23.4 Å². The molecule has 3 heteroatoms. The topological polar surface area (TPSA) is 26.0 Å². The van der Waals surface area contributed by atoms with E-state index < -0.39 is 0 Å². The van der Waals surface area contributed by atoms with Gasteiger partial charge in [-0.2, -0.15) is 11.8 Å². The van der Waals surface area contributed by atoms with Gasteiger partial charge in [-0.1, -0.05) is 48.0 Å². The number of nitrogens with two attached hydrogens (primary N) is 1. The van der Waals surface area contributed by atoms with Crippen molar-refractivity contribution in [1.29, 1.82) is 0 Å². The highest BCUT2D eigenvalue weighted by molar-refractivity contribution is 7.97. The lowest BCUT2D eigenvalue weighted by Gasteiger charge is -2.08. The van der Waals surface area contributed by atoms with Crippen molar-refractivity contribution in [2.24, 2.45) is 5.73 Å². The molecule has 0 aliphatic rings. The van der Waals surface area contributed by atoms with Gasteiger partial charge in [-0.15, -0.1) is 0 Å². The average Bonchev–Trinajstić information content (AvgIpc) is 2.42. The molecule has 2 aromatic carbocycles. The SMILES string of the molecule is Cc1cc(CN)ccc1CSCc1ccccc1Cl. The number of rotatable bonds is 5. The van der Waals surface area contributed by atoms with Gasteiger partial charge >= 0.3 is 0 Å². The number of hydrogen-bond acceptors (Lipinski definition) is 2. The van der Waals surface area contributed by atoms with Gasteiger partial charge < -0.3 is 5.73 Å². The lowest BCUT2D eigenvalue weighted by molar-refractivity contribution is 1.06. The predicted molar refractivity (Wildman–Crippen MR) is 85.5 cm³/mol. The van der Waals surface area contributed by atoms with Crippen LogP contribution in [0.4, 0.5) is 0 Å². The summed E-state index contributed by atoms with van der Waals surface area (Å²) in [7, 11) is 0. The van der Waals surface area contributed by atoms with Crippen LogP contribution in [0.1, 0.15) is 22.3 Å². The Bertz CT molecular complexity index is 554. The second kappa shape index (κ2) is 6.99. The molecule has 0 aliphatic heterocycles. The van der Waals surface area contributed by atoms with Crippen molar-refractivity contribution in [1.82, 2.24) is 0 Å². The molecule has 0 atom stereocenters. The summed E-state index contributed by atoms with van der Waals surface area (Å²) >= 11 is 8.04. The molecular formula is C16H18ClNS. The molecule has 19 heavy (non-hydrogen) atoms. The minimum absolute atomic E-state index is 0.605. The van der Waals surface area contributed by atoms with Crippen LogP contribution in [0.5, 0.6) is 0 Å². The van der Waals surface area contributed by atoms with E-state index in [1.807, 2.05) is 30.0 Å². The summed E-state index contributed by atoms with van der Waals surface area (Å²) in [4.78, 5) is 0. The normalized spacial score (nSPS) is 10.7. The standard InChI is InChI=1S/C16H18ClNS/c1-12-8-13(9-18)6-7-14(12)10-19-11-15-4-2-3-5-16(15)17/h2-8H,9-11,18H2,1H3. The fourth-order valence-electron chi connectivity index (χ4n) is 1.93. The summed E-state index contributed by atoms with van der Waals surface area (Å²) in [5.41, 5.74) is 10.7. The second-order valence-electron chi connectivity index (χ2n) is 4.55. The molecular weight excluding hydrogens is 274 g/mol. The zero-order chi connectivity index (χ0) is 13.7. The molecule has 0 heterocycles. The van der Waals surface area contributed by atoms with Crippen molar-refractivity contribution in [3.8, 4) is 0 Å². The van der Waals surface area contributed by atoms with E-state index in [0.29, 0.717) is 6.54 Å². The molecule has 1 nitrogen and oxygen atoms in total. The molecule has 0 saturated carbocycles. The van der Waals surface area contributed by atoms with E-state index in [9.17, 15) is 0 Å². The van der Waals surface area contributed by atoms with E-state index in [2.05, 4.69) is 31.2 Å². The maximum absolute atomic E-state index is 6.15. The van der Waals surface area contributed by atoms with E-state index in [1.54, 1.807) is 0 Å². The Morgan fingerprint density at radius 2 is 1.79 bits per heavy atom. The molecule has 0 fully saturated rings. The summed E-state index contributed by atoms with van der Waals surface area (Å²) < 4.78 is 0. The Morgan fingerprint density at radius 3 is 2.47 bits per heavy atom. The molecule has 2 aromatic rings. The Balaban J connectivity index is 1.94. The third-order valence-electron chi connectivity index (χ3n) is 3.12. The first kappa shape index (κ1) is 14.4. The number of thioether (sulfide) groups is 1. The lowest BCUT2D eigenvalue weighted by Crippen LogP contribution is -1.98. The third-order valence-corrected chi connectivity index (χ3v) is 4.51. The molecule has 0 aliphatic carbocycles. The molecule has 0 bridgehead atoms. The van der Waals surface area contributed by atoms with Crippen molar-refractivity contribution in [2.45, 2.75) is 25.0 Å². The Morgan fingerprint density at radius 1 is 1.05 bits per heavy atom. The fourth-order valence-corrected chi connectivity index (χ4v) is 3.33. The lowest BCUT2D eigenvalue weighted by atomic mass is 10.1. The number of benzene rings is 2. The fraction of sp³-hybridized carbons (Fsp3) is 0.250. The summed E-state index contributed by atoms with van der Waals surface area (Å²) in [6, 6.07) is 14.5. The van der Waals surface area contributed by atoms with Gasteiger partial charge in [0.2, 0.25) is 0 Å². The van der Waals surface area contributed by atoms with Gasteiger partial charge in [0.05, 0.1) is 0 Å². The van der Waals surface area contributed by atoms with Crippen LogP contribution in [0.3, 0.4) is 0 Å². The first-order valence-corrected chi connectivity index (χ1v) is 7.83. The van der Waals surface area contributed by atoms with Crippen LogP contribution in [0.15, 0.2) is 42.5 Å². The van der Waals surface area contributed by atoms with E-state index >= 15 is 0 Å². The van der Waals surface area contributed by atoms with Gasteiger partial charge in [-0.05, 0) is 35.2 Å². The van der Waals surface area contributed by atoms with Crippen molar-refractivity contribution in [3.05, 3.63) is 69.7 Å². The highest BCUT2D eigenvalue weighted by Gasteiger charge is 2.02. The summed E-state index contributed by atoms with van der Waals surface area (Å²) in [5.74, 6) is 1.94. The van der Waals surface area contributed by atoms with Gasteiger partial charge in [0.15, 0.2) is 0 Å². The molecule has 0 amide bonds. The van der Waals surface area contributed by atoms with Gasteiger partial charge in [-0.3, -0.25) is 0 Å². The molecule has 0 unspecified atom stereocenters. The Kier molecular flexibility index (Phi) is 5.32. The van der Waals surface area contributed by atoms with E-state index in [1.165, 1.54) is 22.3 Å². The zero-order valence-corrected chi connectivity index (χ0v) is 12.6. The number of halogens is 1. The van der Waals surface area contributed by atoms with Crippen LogP contribution in [-0.2, 0) is 18.1 Å². The van der Waals surface area contributed by atoms with Crippen LogP contribution >= 0.6 is 23.4 Å². The highest BCUT2D eigenvalue weighted by atomic mass is 35.5. The molecule has 2 N–H and O–H groups in total. The number of aryl methyl sites for hydroxylation is 1. The van der Waals surface area contributed by atoms with Gasteiger partial charge in [0.1, 0.15) is 0 Å². The largest absolute Gasteiger partial charge is 0.326 e. The molecule has 0 spiro atoms. The predicted octanol–water partition coefficient (Wildman–Crippen LogP) is 4.54. The highest BCUT2D eigenvalue weighted by Crippen LogP contribution is 2.24. The molecule has 2 rings (SSSR count). The van der Waals surface area contributed by atoms with E-state index in [0.717, 1.165) is 16.5 Å². The minimum atomic E-state index is 0.605. The van der Waals surface area contributed by atoms with E-state index in [-0.39, 0.29) is 0 Å². The Hall–Kier alpha value is -0.960. The zero-order valence-electron chi connectivity index (χ0n) is 11.0. The van der Waals surface area contributed by atoms with Crippen LogP contribution in [0.2, 0.25) is 5.02 Å². The van der Waals surface area contributed by atoms with Gasteiger partial charge in [0, 0.05) is 23.1 Å². The van der Waals surface area contributed by atoms with Crippen molar-refractivity contribution < 1.29 is 0 Å².